The lowest BCUT2D eigenvalue weighted by Gasteiger charge is -2.24. The number of nitrogens with one attached hydrogen (secondary N) is 1. The van der Waals surface area contributed by atoms with Crippen LogP contribution in [0.1, 0.15) is 12.6 Å². The number of ether oxygens (including phenoxy) is 1. The highest BCUT2D eigenvalue weighted by atomic mass is 16.5. The lowest BCUT2D eigenvalue weighted by molar-refractivity contribution is 0.395. The zero-order valence-electron chi connectivity index (χ0n) is 11.2. The predicted molar refractivity (Wildman–Crippen MR) is 70.0 cm³/mol. The van der Waals surface area contributed by atoms with Crippen LogP contribution in [0.2, 0.25) is 0 Å². The Hall–Kier alpha value is -1.36. The Labute approximate surface area is 108 Å². The minimum absolute atomic E-state index is 0.497. The van der Waals surface area contributed by atoms with Gasteiger partial charge in [0.15, 0.2) is 0 Å². The number of methoxy groups -OCH3 is 1. The number of aromatic nitrogens is 2. The van der Waals surface area contributed by atoms with Gasteiger partial charge in [0.25, 0.3) is 0 Å². The van der Waals surface area contributed by atoms with Crippen LogP contribution in [0, 0.1) is 18.8 Å². The lowest BCUT2D eigenvalue weighted by Crippen LogP contribution is -2.34. The van der Waals surface area contributed by atoms with Gasteiger partial charge in [-0.25, -0.2) is 4.98 Å². The van der Waals surface area contributed by atoms with E-state index < -0.39 is 0 Å². The van der Waals surface area contributed by atoms with Crippen LogP contribution in [0.25, 0.3) is 0 Å². The molecule has 2 aliphatic heterocycles. The Kier molecular flexibility index (Phi) is 2.86. The SMILES string of the molecule is COc1cc(C)nc(N2CC3CNCC3C2C)n1. The molecule has 1 aromatic heterocycles. The van der Waals surface area contributed by atoms with Crippen molar-refractivity contribution in [3.05, 3.63) is 11.8 Å². The highest BCUT2D eigenvalue weighted by Crippen LogP contribution is 2.34. The quantitative estimate of drug-likeness (QED) is 0.840. The van der Waals surface area contributed by atoms with Crippen molar-refractivity contribution in [3.8, 4) is 5.88 Å². The number of hydrogen-bond acceptors (Lipinski definition) is 5. The first-order valence-corrected chi connectivity index (χ1v) is 6.56. The van der Waals surface area contributed by atoms with Gasteiger partial charge in [0.1, 0.15) is 0 Å². The average Bonchev–Trinajstić information content (AvgIpc) is 2.92. The van der Waals surface area contributed by atoms with Crippen molar-refractivity contribution in [2.24, 2.45) is 11.8 Å². The molecule has 0 bridgehead atoms. The van der Waals surface area contributed by atoms with E-state index >= 15 is 0 Å². The molecule has 2 saturated heterocycles. The fraction of sp³-hybridized carbons (Fsp3) is 0.692. The third kappa shape index (κ3) is 1.82. The molecule has 5 heteroatoms. The second-order valence-corrected chi connectivity index (χ2v) is 5.33. The molecular formula is C13H20N4O. The third-order valence-corrected chi connectivity index (χ3v) is 4.22. The van der Waals surface area contributed by atoms with Crippen molar-refractivity contribution < 1.29 is 4.74 Å². The highest BCUT2D eigenvalue weighted by molar-refractivity contribution is 5.38. The van der Waals surface area contributed by atoms with Crippen LogP contribution < -0.4 is 15.0 Å². The van der Waals surface area contributed by atoms with E-state index in [4.69, 9.17) is 4.74 Å². The van der Waals surface area contributed by atoms with Crippen LogP contribution in [0.3, 0.4) is 0 Å². The first-order chi connectivity index (χ1) is 8.69. The van der Waals surface area contributed by atoms with Gasteiger partial charge in [-0.05, 0) is 25.7 Å². The molecule has 1 N–H and O–H groups in total. The molecule has 0 aliphatic carbocycles. The van der Waals surface area contributed by atoms with E-state index in [-0.39, 0.29) is 0 Å². The van der Waals surface area contributed by atoms with Crippen molar-refractivity contribution in [2.45, 2.75) is 19.9 Å². The van der Waals surface area contributed by atoms with Crippen molar-refractivity contribution in [2.75, 3.05) is 31.6 Å². The predicted octanol–water partition coefficient (Wildman–Crippen LogP) is 0.838. The zero-order valence-corrected chi connectivity index (χ0v) is 11.2. The van der Waals surface area contributed by atoms with E-state index in [1.165, 1.54) is 0 Å². The van der Waals surface area contributed by atoms with Gasteiger partial charge in [0.2, 0.25) is 11.8 Å². The molecular weight excluding hydrogens is 228 g/mol. The van der Waals surface area contributed by atoms with Crippen LogP contribution in [0.5, 0.6) is 5.88 Å². The molecule has 0 spiro atoms. The zero-order chi connectivity index (χ0) is 12.7. The van der Waals surface area contributed by atoms with Gasteiger partial charge in [0, 0.05) is 37.4 Å². The van der Waals surface area contributed by atoms with Crippen molar-refractivity contribution in [1.82, 2.24) is 15.3 Å². The van der Waals surface area contributed by atoms with Crippen LogP contribution in [-0.2, 0) is 0 Å². The summed E-state index contributed by atoms with van der Waals surface area (Å²) in [6.45, 7) is 7.54. The Bertz CT molecular complexity index is 451. The van der Waals surface area contributed by atoms with Crippen molar-refractivity contribution in [1.29, 1.82) is 0 Å². The van der Waals surface area contributed by atoms with E-state index in [1.54, 1.807) is 7.11 Å². The summed E-state index contributed by atoms with van der Waals surface area (Å²) in [5, 5.41) is 3.47. The Morgan fingerprint density at radius 1 is 1.39 bits per heavy atom. The van der Waals surface area contributed by atoms with E-state index in [2.05, 4.69) is 27.1 Å². The molecule has 18 heavy (non-hydrogen) atoms. The summed E-state index contributed by atoms with van der Waals surface area (Å²) < 4.78 is 5.23. The minimum Gasteiger partial charge on any atom is -0.481 e. The summed E-state index contributed by atoms with van der Waals surface area (Å²) in [6, 6.07) is 2.36. The fourth-order valence-corrected chi connectivity index (χ4v) is 3.19. The van der Waals surface area contributed by atoms with E-state index in [0.29, 0.717) is 11.9 Å². The molecule has 2 aliphatic rings. The number of anilines is 1. The normalized spacial score (nSPS) is 30.6. The van der Waals surface area contributed by atoms with Crippen LogP contribution in [0.15, 0.2) is 6.07 Å². The lowest BCUT2D eigenvalue weighted by atomic mass is 9.95. The molecule has 0 amide bonds. The molecule has 3 heterocycles. The summed E-state index contributed by atoms with van der Waals surface area (Å²) in [5.41, 5.74) is 0.958. The summed E-state index contributed by atoms with van der Waals surface area (Å²) in [7, 11) is 1.65. The number of aryl methyl sites for hydroxylation is 1. The summed E-state index contributed by atoms with van der Waals surface area (Å²) in [4.78, 5) is 11.4. The molecule has 3 atom stereocenters. The monoisotopic (exact) mass is 248 g/mol. The van der Waals surface area contributed by atoms with Gasteiger partial charge in [-0.1, -0.05) is 0 Å². The molecule has 1 aromatic rings. The Morgan fingerprint density at radius 2 is 2.22 bits per heavy atom. The van der Waals surface area contributed by atoms with E-state index in [9.17, 15) is 0 Å². The maximum atomic E-state index is 5.23. The average molecular weight is 248 g/mol. The fourth-order valence-electron chi connectivity index (χ4n) is 3.19. The van der Waals surface area contributed by atoms with Crippen LogP contribution in [0.4, 0.5) is 5.95 Å². The van der Waals surface area contributed by atoms with E-state index in [1.807, 2.05) is 13.0 Å². The van der Waals surface area contributed by atoms with Crippen LogP contribution in [-0.4, -0.2) is 42.8 Å². The minimum atomic E-state index is 0.497. The topological polar surface area (TPSA) is 50.3 Å². The summed E-state index contributed by atoms with van der Waals surface area (Å²) in [6.07, 6.45) is 0. The number of hydrogen-bond donors (Lipinski definition) is 1. The second-order valence-electron chi connectivity index (χ2n) is 5.33. The molecule has 98 valence electrons. The number of rotatable bonds is 2. The van der Waals surface area contributed by atoms with Crippen molar-refractivity contribution >= 4 is 5.95 Å². The Balaban J connectivity index is 1.89. The van der Waals surface area contributed by atoms with Gasteiger partial charge >= 0.3 is 0 Å². The smallest absolute Gasteiger partial charge is 0.229 e. The molecule has 5 nitrogen and oxygen atoms in total. The molecule has 0 aromatic carbocycles. The van der Waals surface area contributed by atoms with Gasteiger partial charge in [-0.2, -0.15) is 4.98 Å². The molecule has 0 radical (unpaired) electrons. The maximum absolute atomic E-state index is 5.23. The van der Waals surface area contributed by atoms with Gasteiger partial charge in [-0.3, -0.25) is 0 Å². The standard InChI is InChI=1S/C13H20N4O/c1-8-4-12(18-3)16-13(15-8)17-7-10-5-14-6-11(10)9(17)2/h4,9-11,14H,5-7H2,1-3H3. The van der Waals surface area contributed by atoms with Gasteiger partial charge in [0.05, 0.1) is 7.11 Å². The summed E-state index contributed by atoms with van der Waals surface area (Å²) >= 11 is 0. The first kappa shape index (κ1) is 11.7. The molecule has 2 fully saturated rings. The highest BCUT2D eigenvalue weighted by Gasteiger charge is 2.42. The third-order valence-electron chi connectivity index (χ3n) is 4.22. The van der Waals surface area contributed by atoms with Crippen LogP contribution >= 0.6 is 0 Å². The maximum Gasteiger partial charge on any atom is 0.229 e. The van der Waals surface area contributed by atoms with Gasteiger partial charge < -0.3 is 15.0 Å². The summed E-state index contributed by atoms with van der Waals surface area (Å²) in [5.74, 6) is 2.92. The second kappa shape index (κ2) is 4.39. The Morgan fingerprint density at radius 3 is 2.94 bits per heavy atom. The van der Waals surface area contributed by atoms with E-state index in [0.717, 1.165) is 43.1 Å². The van der Waals surface area contributed by atoms with Crippen molar-refractivity contribution in [3.63, 3.8) is 0 Å². The number of fused-ring (bicyclic) bond motifs is 1. The first-order valence-electron chi connectivity index (χ1n) is 6.56. The largest absolute Gasteiger partial charge is 0.481 e. The molecule has 3 rings (SSSR count). The molecule has 3 unspecified atom stereocenters. The molecule has 0 saturated carbocycles. The number of nitrogens with zero attached hydrogens (tertiary/aromatic N) is 3. The van der Waals surface area contributed by atoms with Gasteiger partial charge in [-0.15, -0.1) is 0 Å².